The van der Waals surface area contributed by atoms with E-state index in [0.717, 1.165) is 15.9 Å². The van der Waals surface area contributed by atoms with Crippen molar-refractivity contribution in [2.45, 2.75) is 13.8 Å². The molecule has 0 bridgehead atoms. The summed E-state index contributed by atoms with van der Waals surface area (Å²) in [6.07, 6.45) is 0. The number of para-hydroxylation sites is 1. The number of ether oxygens (including phenoxy) is 1. The molecule has 0 atom stereocenters. The number of thiazole rings is 1. The molecule has 22 heavy (non-hydrogen) atoms. The molecule has 0 aliphatic heterocycles. The Morgan fingerprint density at radius 2 is 1.86 bits per heavy atom. The molecule has 0 radical (unpaired) electrons. The van der Waals surface area contributed by atoms with E-state index in [0.29, 0.717) is 10.9 Å². The summed E-state index contributed by atoms with van der Waals surface area (Å²) >= 11 is 1.51. The van der Waals surface area contributed by atoms with E-state index in [9.17, 15) is 4.79 Å². The van der Waals surface area contributed by atoms with Gasteiger partial charge in [-0.25, -0.2) is 4.98 Å². The van der Waals surface area contributed by atoms with Gasteiger partial charge in [-0.2, -0.15) is 0 Å². The molecule has 112 valence electrons. The molecule has 5 heteroatoms. The first-order valence-electron chi connectivity index (χ1n) is 7.06. The lowest BCUT2D eigenvalue weighted by Crippen LogP contribution is -2.17. The summed E-state index contributed by atoms with van der Waals surface area (Å²) in [5.41, 5.74) is 1.69. The molecule has 1 heterocycles. The first kappa shape index (κ1) is 14.5. The minimum atomic E-state index is -0.0429. The fourth-order valence-electron chi connectivity index (χ4n) is 1.89. The molecule has 3 aromatic rings. The van der Waals surface area contributed by atoms with E-state index in [1.807, 2.05) is 62.4 Å². The number of aromatic nitrogens is 1. The molecule has 2 aromatic carbocycles. The lowest BCUT2D eigenvalue weighted by atomic mass is 10.2. The van der Waals surface area contributed by atoms with Crippen LogP contribution in [0.15, 0.2) is 48.5 Å². The van der Waals surface area contributed by atoms with Crippen LogP contribution < -0.4 is 10.1 Å². The molecule has 3 rings (SSSR count). The molecular formula is C17H16N2O2S. The van der Waals surface area contributed by atoms with E-state index in [1.54, 1.807) is 0 Å². The number of nitrogens with zero attached hydrogens (tertiary/aromatic N) is 1. The quantitative estimate of drug-likeness (QED) is 0.760. The second-order valence-electron chi connectivity index (χ2n) is 5.22. The van der Waals surface area contributed by atoms with Crippen molar-refractivity contribution in [2.24, 2.45) is 5.92 Å². The summed E-state index contributed by atoms with van der Waals surface area (Å²) in [4.78, 5) is 16.1. The van der Waals surface area contributed by atoms with Crippen LogP contribution in [0.4, 0.5) is 5.69 Å². The Labute approximate surface area is 132 Å². The van der Waals surface area contributed by atoms with Crippen LogP contribution in [-0.2, 0) is 4.79 Å². The minimum Gasteiger partial charge on any atom is -0.431 e. The fourth-order valence-corrected chi connectivity index (χ4v) is 2.72. The lowest BCUT2D eigenvalue weighted by Gasteiger charge is -2.08. The predicted octanol–water partition coefficient (Wildman–Crippen LogP) is 4.68. The fraction of sp³-hybridized carbons (Fsp3) is 0.176. The Morgan fingerprint density at radius 3 is 2.55 bits per heavy atom. The van der Waals surface area contributed by atoms with Gasteiger partial charge in [0.15, 0.2) is 0 Å². The minimum absolute atomic E-state index is 0.000147. The van der Waals surface area contributed by atoms with Crippen LogP contribution in [0.3, 0.4) is 0 Å². The van der Waals surface area contributed by atoms with Gasteiger partial charge >= 0.3 is 0 Å². The number of amides is 1. The molecule has 1 N–H and O–H groups in total. The highest BCUT2D eigenvalue weighted by Crippen LogP contribution is 2.31. The van der Waals surface area contributed by atoms with Crippen molar-refractivity contribution in [3.05, 3.63) is 48.5 Å². The van der Waals surface area contributed by atoms with Crippen molar-refractivity contribution in [2.75, 3.05) is 5.32 Å². The van der Waals surface area contributed by atoms with E-state index in [1.165, 1.54) is 11.3 Å². The Bertz CT molecular complexity index is 761. The molecule has 0 spiro atoms. The van der Waals surface area contributed by atoms with Crippen LogP contribution in [0.2, 0.25) is 0 Å². The topological polar surface area (TPSA) is 51.2 Å². The van der Waals surface area contributed by atoms with Crippen LogP contribution >= 0.6 is 11.3 Å². The summed E-state index contributed by atoms with van der Waals surface area (Å²) in [6, 6.07) is 15.2. The molecule has 0 aliphatic rings. The Hall–Kier alpha value is -2.40. The van der Waals surface area contributed by atoms with Gasteiger partial charge in [0.25, 0.3) is 5.19 Å². The standard InChI is InChI=1S/C17H16N2O2S/c1-11(2)16(20)18-12-7-9-13(10-8-12)21-17-19-14-5-3-4-6-15(14)22-17/h3-11H,1-2H3,(H,18,20). The number of benzene rings is 2. The normalized spacial score (nSPS) is 10.9. The predicted molar refractivity (Wildman–Crippen MR) is 89.6 cm³/mol. The SMILES string of the molecule is CC(C)C(=O)Nc1ccc(Oc2nc3ccccc3s2)cc1. The second kappa shape index (κ2) is 6.15. The Balaban J connectivity index is 1.71. The number of fused-ring (bicyclic) bond motifs is 1. The number of nitrogens with one attached hydrogen (secondary N) is 1. The van der Waals surface area contributed by atoms with E-state index in [4.69, 9.17) is 4.74 Å². The second-order valence-corrected chi connectivity index (χ2v) is 6.21. The van der Waals surface area contributed by atoms with Crippen LogP contribution in [-0.4, -0.2) is 10.9 Å². The zero-order chi connectivity index (χ0) is 15.5. The molecule has 0 aliphatic carbocycles. The summed E-state index contributed by atoms with van der Waals surface area (Å²) in [5.74, 6) is 0.653. The van der Waals surface area contributed by atoms with Gasteiger partial charge in [0.2, 0.25) is 5.91 Å². The highest BCUT2D eigenvalue weighted by Gasteiger charge is 2.08. The maximum absolute atomic E-state index is 11.6. The summed E-state index contributed by atoms with van der Waals surface area (Å²) in [6.45, 7) is 3.72. The Kier molecular flexibility index (Phi) is 4.06. The number of hydrogen-bond donors (Lipinski definition) is 1. The number of rotatable bonds is 4. The zero-order valence-corrected chi connectivity index (χ0v) is 13.2. The van der Waals surface area contributed by atoms with Crippen molar-refractivity contribution in [3.63, 3.8) is 0 Å². The molecule has 1 aromatic heterocycles. The third-order valence-corrected chi connectivity index (χ3v) is 4.04. The number of carbonyl (C=O) groups excluding carboxylic acids is 1. The highest BCUT2D eigenvalue weighted by atomic mass is 32.1. The zero-order valence-electron chi connectivity index (χ0n) is 12.4. The van der Waals surface area contributed by atoms with Gasteiger partial charge in [0.05, 0.1) is 10.2 Å². The first-order chi connectivity index (χ1) is 10.6. The Morgan fingerprint density at radius 1 is 1.14 bits per heavy atom. The van der Waals surface area contributed by atoms with Crippen molar-refractivity contribution in [1.29, 1.82) is 0 Å². The van der Waals surface area contributed by atoms with Crippen LogP contribution in [0.25, 0.3) is 10.2 Å². The monoisotopic (exact) mass is 312 g/mol. The van der Waals surface area contributed by atoms with Gasteiger partial charge in [-0.3, -0.25) is 4.79 Å². The van der Waals surface area contributed by atoms with E-state index >= 15 is 0 Å². The van der Waals surface area contributed by atoms with Crippen molar-refractivity contribution in [3.8, 4) is 10.9 Å². The van der Waals surface area contributed by atoms with Crippen LogP contribution in [0.1, 0.15) is 13.8 Å². The molecule has 4 nitrogen and oxygen atoms in total. The van der Waals surface area contributed by atoms with Gasteiger partial charge in [-0.15, -0.1) is 0 Å². The smallest absolute Gasteiger partial charge is 0.279 e. The number of carbonyl (C=O) groups is 1. The van der Waals surface area contributed by atoms with Gasteiger partial charge < -0.3 is 10.1 Å². The summed E-state index contributed by atoms with van der Waals surface area (Å²) in [5, 5.41) is 3.46. The maximum Gasteiger partial charge on any atom is 0.279 e. The average molecular weight is 312 g/mol. The average Bonchev–Trinajstić information content (AvgIpc) is 2.91. The van der Waals surface area contributed by atoms with E-state index < -0.39 is 0 Å². The van der Waals surface area contributed by atoms with Crippen LogP contribution in [0.5, 0.6) is 10.9 Å². The van der Waals surface area contributed by atoms with Crippen LogP contribution in [0, 0.1) is 5.92 Å². The maximum atomic E-state index is 11.6. The van der Waals surface area contributed by atoms with E-state index in [-0.39, 0.29) is 11.8 Å². The first-order valence-corrected chi connectivity index (χ1v) is 7.88. The molecule has 0 saturated carbocycles. The van der Waals surface area contributed by atoms with Crippen molar-refractivity contribution >= 4 is 33.1 Å². The van der Waals surface area contributed by atoms with Gasteiger partial charge in [-0.1, -0.05) is 37.3 Å². The number of hydrogen-bond acceptors (Lipinski definition) is 4. The molecule has 0 saturated heterocycles. The third kappa shape index (κ3) is 3.26. The molecular weight excluding hydrogens is 296 g/mol. The van der Waals surface area contributed by atoms with Crippen molar-refractivity contribution < 1.29 is 9.53 Å². The lowest BCUT2D eigenvalue weighted by molar-refractivity contribution is -0.118. The third-order valence-electron chi connectivity index (χ3n) is 3.13. The molecule has 1 amide bonds. The van der Waals surface area contributed by atoms with Gasteiger partial charge in [-0.05, 0) is 36.4 Å². The molecule has 0 unspecified atom stereocenters. The highest BCUT2D eigenvalue weighted by molar-refractivity contribution is 7.20. The molecule has 0 fully saturated rings. The van der Waals surface area contributed by atoms with E-state index in [2.05, 4.69) is 10.3 Å². The summed E-state index contributed by atoms with van der Waals surface area (Å²) in [7, 11) is 0. The van der Waals surface area contributed by atoms with Gasteiger partial charge in [0.1, 0.15) is 5.75 Å². The summed E-state index contributed by atoms with van der Waals surface area (Å²) < 4.78 is 6.86. The van der Waals surface area contributed by atoms with Crippen molar-refractivity contribution in [1.82, 2.24) is 4.98 Å². The number of anilines is 1. The van der Waals surface area contributed by atoms with Gasteiger partial charge in [0, 0.05) is 11.6 Å². The largest absolute Gasteiger partial charge is 0.431 e.